The number of benzene rings is 1. The molecule has 1 aromatic rings. The number of aryl methyl sites for hydroxylation is 2. The summed E-state index contributed by atoms with van der Waals surface area (Å²) >= 11 is 0. The number of ketones is 1. The molecule has 0 atom stereocenters. The summed E-state index contributed by atoms with van der Waals surface area (Å²) in [7, 11) is 1.92. The highest BCUT2D eigenvalue weighted by Gasteiger charge is 2.43. The average molecular weight is 231 g/mol. The lowest BCUT2D eigenvalue weighted by atomic mass is 9.64. The second-order valence-corrected chi connectivity index (χ2v) is 5.29. The molecule has 0 radical (unpaired) electrons. The van der Waals surface area contributed by atoms with Crippen LogP contribution in [0, 0.1) is 19.3 Å². The largest absolute Gasteiger partial charge is 0.319 e. The molecule has 0 spiro atoms. The van der Waals surface area contributed by atoms with Gasteiger partial charge in [0.2, 0.25) is 0 Å². The topological polar surface area (TPSA) is 29.1 Å². The summed E-state index contributed by atoms with van der Waals surface area (Å²) in [6.07, 6.45) is 3.23. The minimum atomic E-state index is -0.129. The van der Waals surface area contributed by atoms with Gasteiger partial charge in [-0.2, -0.15) is 0 Å². The average Bonchev–Trinajstić information content (AvgIpc) is 2.26. The highest BCUT2D eigenvalue weighted by molar-refractivity contribution is 6.01. The van der Waals surface area contributed by atoms with Crippen molar-refractivity contribution in [2.45, 2.75) is 33.1 Å². The third kappa shape index (κ3) is 2.14. The normalized spacial score (nSPS) is 17.6. The molecule has 0 saturated heterocycles. The number of carbonyl (C=O) groups is 1. The smallest absolute Gasteiger partial charge is 0.170 e. The molecule has 1 aliphatic rings. The number of hydrogen-bond donors (Lipinski definition) is 1. The Kier molecular flexibility index (Phi) is 3.34. The number of carbonyl (C=O) groups excluding carboxylic acids is 1. The van der Waals surface area contributed by atoms with Crippen molar-refractivity contribution >= 4 is 5.78 Å². The molecule has 0 unspecified atom stereocenters. The van der Waals surface area contributed by atoms with Crippen LogP contribution in [-0.2, 0) is 0 Å². The van der Waals surface area contributed by atoms with Crippen LogP contribution in [0.1, 0.15) is 40.7 Å². The molecule has 2 rings (SSSR count). The minimum Gasteiger partial charge on any atom is -0.319 e. The zero-order valence-corrected chi connectivity index (χ0v) is 11.0. The van der Waals surface area contributed by atoms with E-state index in [1.807, 2.05) is 25.2 Å². The van der Waals surface area contributed by atoms with Gasteiger partial charge in [-0.15, -0.1) is 0 Å². The van der Waals surface area contributed by atoms with Gasteiger partial charge in [0.25, 0.3) is 0 Å². The zero-order valence-electron chi connectivity index (χ0n) is 11.0. The molecule has 17 heavy (non-hydrogen) atoms. The fourth-order valence-corrected chi connectivity index (χ4v) is 2.61. The third-order valence-corrected chi connectivity index (χ3v) is 4.08. The van der Waals surface area contributed by atoms with Gasteiger partial charge in [-0.3, -0.25) is 4.79 Å². The van der Waals surface area contributed by atoms with Crippen molar-refractivity contribution in [3.8, 4) is 0 Å². The van der Waals surface area contributed by atoms with Crippen LogP contribution in [-0.4, -0.2) is 19.4 Å². The van der Waals surface area contributed by atoms with E-state index >= 15 is 0 Å². The maximum atomic E-state index is 12.6. The first-order valence-corrected chi connectivity index (χ1v) is 6.36. The predicted octanol–water partition coefficient (Wildman–Crippen LogP) is 2.88. The molecule has 2 nitrogen and oxygen atoms in total. The van der Waals surface area contributed by atoms with Crippen LogP contribution in [0.4, 0.5) is 0 Å². The lowest BCUT2D eigenvalue weighted by Crippen LogP contribution is -2.45. The molecule has 0 amide bonds. The third-order valence-electron chi connectivity index (χ3n) is 4.08. The molecule has 0 aromatic heterocycles. The van der Waals surface area contributed by atoms with Crippen molar-refractivity contribution in [3.05, 3.63) is 34.9 Å². The van der Waals surface area contributed by atoms with Gasteiger partial charge >= 0.3 is 0 Å². The predicted molar refractivity (Wildman–Crippen MR) is 70.5 cm³/mol. The standard InChI is InChI=1S/C15H21NO/c1-11-5-6-13(9-12(11)2)14(17)15(10-16-3)7-4-8-15/h5-6,9,16H,4,7-8,10H2,1-3H3. The van der Waals surface area contributed by atoms with E-state index in [0.29, 0.717) is 5.78 Å². The molecule has 1 fully saturated rings. The summed E-state index contributed by atoms with van der Waals surface area (Å²) in [5.74, 6) is 0.321. The molecule has 1 saturated carbocycles. The van der Waals surface area contributed by atoms with E-state index in [-0.39, 0.29) is 5.41 Å². The molecule has 92 valence electrons. The first-order valence-electron chi connectivity index (χ1n) is 6.36. The Morgan fingerprint density at radius 2 is 2.00 bits per heavy atom. The summed E-state index contributed by atoms with van der Waals surface area (Å²) < 4.78 is 0. The van der Waals surface area contributed by atoms with Crippen LogP contribution in [0.15, 0.2) is 18.2 Å². The van der Waals surface area contributed by atoms with Gasteiger partial charge in [-0.05, 0) is 50.9 Å². The summed E-state index contributed by atoms with van der Waals surface area (Å²) in [6, 6.07) is 6.06. The molecule has 2 heteroatoms. The lowest BCUT2D eigenvalue weighted by molar-refractivity contribution is 0.0614. The van der Waals surface area contributed by atoms with E-state index < -0.39 is 0 Å². The van der Waals surface area contributed by atoms with E-state index in [1.165, 1.54) is 17.5 Å². The van der Waals surface area contributed by atoms with E-state index in [1.54, 1.807) is 0 Å². The molecule has 1 aromatic carbocycles. The van der Waals surface area contributed by atoms with E-state index in [0.717, 1.165) is 24.9 Å². The number of nitrogens with one attached hydrogen (secondary N) is 1. The molecule has 0 bridgehead atoms. The lowest BCUT2D eigenvalue weighted by Gasteiger charge is -2.40. The minimum absolute atomic E-state index is 0.129. The second-order valence-electron chi connectivity index (χ2n) is 5.29. The van der Waals surface area contributed by atoms with E-state index in [4.69, 9.17) is 0 Å². The monoisotopic (exact) mass is 231 g/mol. The Morgan fingerprint density at radius 1 is 1.29 bits per heavy atom. The van der Waals surface area contributed by atoms with Crippen LogP contribution in [0.5, 0.6) is 0 Å². The van der Waals surface area contributed by atoms with E-state index in [2.05, 4.69) is 19.2 Å². The van der Waals surface area contributed by atoms with Crippen LogP contribution >= 0.6 is 0 Å². The van der Waals surface area contributed by atoms with Gasteiger partial charge in [0.1, 0.15) is 0 Å². The van der Waals surface area contributed by atoms with Crippen molar-refractivity contribution in [2.75, 3.05) is 13.6 Å². The number of Topliss-reactive ketones (excluding diaryl/α,β-unsaturated/α-hetero) is 1. The van der Waals surface area contributed by atoms with Gasteiger partial charge in [0.05, 0.1) is 0 Å². The van der Waals surface area contributed by atoms with Gasteiger partial charge in [-0.25, -0.2) is 0 Å². The van der Waals surface area contributed by atoms with Crippen LogP contribution < -0.4 is 5.32 Å². The maximum absolute atomic E-state index is 12.6. The highest BCUT2D eigenvalue weighted by atomic mass is 16.1. The van der Waals surface area contributed by atoms with Crippen LogP contribution in [0.25, 0.3) is 0 Å². The summed E-state index contributed by atoms with van der Waals surface area (Å²) in [5, 5.41) is 3.17. The molecule has 0 heterocycles. The van der Waals surface area contributed by atoms with Gasteiger partial charge in [0, 0.05) is 17.5 Å². The van der Waals surface area contributed by atoms with Crippen molar-refractivity contribution in [1.82, 2.24) is 5.32 Å². The van der Waals surface area contributed by atoms with Crippen molar-refractivity contribution < 1.29 is 4.79 Å². The number of rotatable bonds is 4. The highest BCUT2D eigenvalue weighted by Crippen LogP contribution is 2.43. The molecule has 0 aliphatic heterocycles. The quantitative estimate of drug-likeness (QED) is 0.807. The Hall–Kier alpha value is -1.15. The summed E-state index contributed by atoms with van der Waals surface area (Å²) in [5.41, 5.74) is 3.20. The van der Waals surface area contributed by atoms with Gasteiger partial charge in [0.15, 0.2) is 5.78 Å². The second kappa shape index (κ2) is 4.61. The molecule has 1 aliphatic carbocycles. The Bertz CT molecular complexity index is 433. The first kappa shape index (κ1) is 12.3. The fourth-order valence-electron chi connectivity index (χ4n) is 2.61. The van der Waals surface area contributed by atoms with Gasteiger partial charge < -0.3 is 5.32 Å². The Labute approximate surface area is 103 Å². The molecule has 1 N–H and O–H groups in total. The Morgan fingerprint density at radius 3 is 2.47 bits per heavy atom. The summed E-state index contributed by atoms with van der Waals surface area (Å²) in [6.45, 7) is 4.95. The van der Waals surface area contributed by atoms with Gasteiger partial charge in [-0.1, -0.05) is 18.6 Å². The van der Waals surface area contributed by atoms with Crippen LogP contribution in [0.3, 0.4) is 0 Å². The summed E-state index contributed by atoms with van der Waals surface area (Å²) in [4.78, 5) is 12.6. The number of hydrogen-bond acceptors (Lipinski definition) is 2. The van der Waals surface area contributed by atoms with Crippen molar-refractivity contribution in [2.24, 2.45) is 5.41 Å². The van der Waals surface area contributed by atoms with Crippen molar-refractivity contribution in [3.63, 3.8) is 0 Å². The van der Waals surface area contributed by atoms with E-state index in [9.17, 15) is 4.79 Å². The Balaban J connectivity index is 2.26. The molecular formula is C15H21NO. The fraction of sp³-hybridized carbons (Fsp3) is 0.533. The first-order chi connectivity index (χ1) is 8.09. The maximum Gasteiger partial charge on any atom is 0.170 e. The van der Waals surface area contributed by atoms with Crippen molar-refractivity contribution in [1.29, 1.82) is 0 Å². The zero-order chi connectivity index (χ0) is 12.5. The SMILES string of the molecule is CNCC1(C(=O)c2ccc(C)c(C)c2)CCC1. The van der Waals surface area contributed by atoms with Crippen LogP contribution in [0.2, 0.25) is 0 Å². The molecular weight excluding hydrogens is 210 g/mol.